The molecule has 1 saturated heterocycles. The molecule has 0 aliphatic carbocycles. The van der Waals surface area contributed by atoms with E-state index < -0.39 is 17.9 Å². The number of urea groups is 1. The van der Waals surface area contributed by atoms with E-state index in [0.717, 1.165) is 25.9 Å². The number of hydrogen-bond donors (Lipinski definition) is 2. The predicted molar refractivity (Wildman–Crippen MR) is 105 cm³/mol. The first-order valence-electron chi connectivity index (χ1n) is 9.28. The molecular formula is C21H24FN3O3. The molecule has 2 aromatic rings. The van der Waals surface area contributed by atoms with E-state index in [1.165, 1.54) is 19.2 Å². The Bertz CT molecular complexity index is 866. The van der Waals surface area contributed by atoms with Crippen molar-refractivity contribution >= 4 is 17.6 Å². The van der Waals surface area contributed by atoms with Crippen LogP contribution in [-0.2, 0) is 0 Å². The van der Waals surface area contributed by atoms with Crippen molar-refractivity contribution in [2.75, 3.05) is 25.5 Å². The van der Waals surface area contributed by atoms with Gasteiger partial charge < -0.3 is 20.3 Å². The fourth-order valence-electron chi connectivity index (χ4n) is 3.23. The maximum Gasteiger partial charge on any atom is 0.319 e. The number of amides is 3. The maximum atomic E-state index is 13.9. The third kappa shape index (κ3) is 4.60. The molecule has 1 unspecified atom stereocenters. The summed E-state index contributed by atoms with van der Waals surface area (Å²) >= 11 is 0. The number of carbonyl (C=O) groups excluding carboxylic acids is 2. The fourth-order valence-corrected chi connectivity index (χ4v) is 3.23. The normalized spacial score (nSPS) is 14.5. The molecule has 0 radical (unpaired) electrons. The number of nitrogens with one attached hydrogen (secondary N) is 2. The molecule has 0 aromatic heterocycles. The van der Waals surface area contributed by atoms with Gasteiger partial charge in [0, 0.05) is 24.3 Å². The molecule has 148 valence electrons. The highest BCUT2D eigenvalue weighted by Gasteiger charge is 2.20. The zero-order chi connectivity index (χ0) is 20.1. The van der Waals surface area contributed by atoms with Crippen LogP contribution in [0.1, 0.15) is 41.7 Å². The van der Waals surface area contributed by atoms with Gasteiger partial charge >= 0.3 is 6.03 Å². The van der Waals surface area contributed by atoms with E-state index in [-0.39, 0.29) is 11.7 Å². The van der Waals surface area contributed by atoms with Crippen molar-refractivity contribution in [3.8, 4) is 5.75 Å². The van der Waals surface area contributed by atoms with Gasteiger partial charge in [0.2, 0.25) is 0 Å². The summed E-state index contributed by atoms with van der Waals surface area (Å²) in [5.41, 5.74) is 1.69. The molecule has 3 rings (SSSR count). The Labute approximate surface area is 163 Å². The lowest BCUT2D eigenvalue weighted by Gasteiger charge is -2.17. The molecule has 2 N–H and O–H groups in total. The summed E-state index contributed by atoms with van der Waals surface area (Å²) in [4.78, 5) is 26.6. The molecule has 3 amide bonds. The first-order chi connectivity index (χ1) is 13.5. The van der Waals surface area contributed by atoms with Crippen molar-refractivity contribution in [3.05, 3.63) is 59.4 Å². The minimum atomic E-state index is -0.484. The van der Waals surface area contributed by atoms with Crippen molar-refractivity contribution in [3.63, 3.8) is 0 Å². The van der Waals surface area contributed by atoms with Crippen molar-refractivity contribution in [2.24, 2.45) is 0 Å². The van der Waals surface area contributed by atoms with Gasteiger partial charge in [0.15, 0.2) is 11.6 Å². The van der Waals surface area contributed by atoms with Crippen molar-refractivity contribution < 1.29 is 18.7 Å². The lowest BCUT2D eigenvalue weighted by molar-refractivity contribution is 0.0793. The van der Waals surface area contributed by atoms with Crippen molar-refractivity contribution in [1.29, 1.82) is 0 Å². The molecule has 6 nitrogen and oxygen atoms in total. The van der Waals surface area contributed by atoms with Gasteiger partial charge in [-0.1, -0.05) is 12.1 Å². The van der Waals surface area contributed by atoms with Gasteiger partial charge in [-0.15, -0.1) is 0 Å². The zero-order valence-corrected chi connectivity index (χ0v) is 16.0. The third-order valence-corrected chi connectivity index (χ3v) is 4.78. The topological polar surface area (TPSA) is 70.7 Å². The van der Waals surface area contributed by atoms with Crippen LogP contribution in [0, 0.1) is 5.82 Å². The number of nitrogens with zero attached hydrogens (tertiary/aromatic N) is 1. The highest BCUT2D eigenvalue weighted by Crippen LogP contribution is 2.22. The summed E-state index contributed by atoms with van der Waals surface area (Å²) in [7, 11) is 1.40. The number of methoxy groups -OCH3 is 1. The third-order valence-electron chi connectivity index (χ3n) is 4.78. The van der Waals surface area contributed by atoms with E-state index in [9.17, 15) is 14.0 Å². The van der Waals surface area contributed by atoms with Gasteiger partial charge in [0.05, 0.1) is 13.2 Å². The summed E-state index contributed by atoms with van der Waals surface area (Å²) in [5.74, 6) is -0.356. The number of anilines is 1. The average molecular weight is 385 g/mol. The quantitative estimate of drug-likeness (QED) is 0.819. The van der Waals surface area contributed by atoms with Crippen LogP contribution < -0.4 is 15.4 Å². The summed E-state index contributed by atoms with van der Waals surface area (Å²) < 4.78 is 18.8. The number of carbonyl (C=O) groups is 2. The molecular weight excluding hydrogens is 361 g/mol. The van der Waals surface area contributed by atoms with E-state index in [1.807, 2.05) is 4.90 Å². The number of likely N-dealkylation sites (tertiary alicyclic amines) is 1. The molecule has 1 atom stereocenters. The fraction of sp³-hybridized carbons (Fsp3) is 0.333. The average Bonchev–Trinajstić information content (AvgIpc) is 3.22. The van der Waals surface area contributed by atoms with E-state index in [4.69, 9.17) is 4.74 Å². The Balaban J connectivity index is 1.62. The van der Waals surface area contributed by atoms with Crippen LogP contribution in [0.5, 0.6) is 5.75 Å². The molecule has 1 aliphatic rings. The van der Waals surface area contributed by atoms with Gasteiger partial charge in [-0.3, -0.25) is 4.79 Å². The first kappa shape index (κ1) is 19.7. The van der Waals surface area contributed by atoms with Crippen LogP contribution in [0.15, 0.2) is 42.5 Å². The van der Waals surface area contributed by atoms with Crippen LogP contribution in [0.3, 0.4) is 0 Å². The number of halogens is 1. The first-order valence-corrected chi connectivity index (χ1v) is 9.28. The minimum absolute atomic E-state index is 0.0244. The van der Waals surface area contributed by atoms with Crippen LogP contribution in [0.2, 0.25) is 0 Å². The standard InChI is InChI=1S/C21H24FN3O3/c1-14(15-8-9-19(28-2)18(22)13-15)23-21(27)24-17-7-5-6-16(12-17)20(26)25-10-3-4-11-25/h5-9,12-14H,3-4,10-11H2,1-2H3,(H2,23,24,27). The highest BCUT2D eigenvalue weighted by atomic mass is 19.1. The molecule has 0 spiro atoms. The second-order valence-electron chi connectivity index (χ2n) is 6.79. The molecule has 1 fully saturated rings. The maximum absolute atomic E-state index is 13.9. The second-order valence-corrected chi connectivity index (χ2v) is 6.79. The van der Waals surface area contributed by atoms with E-state index in [0.29, 0.717) is 16.8 Å². The Morgan fingerprint density at radius 1 is 1.14 bits per heavy atom. The van der Waals surface area contributed by atoms with Crippen LogP contribution in [0.25, 0.3) is 0 Å². The summed E-state index contributed by atoms with van der Waals surface area (Å²) in [6.07, 6.45) is 2.05. The summed E-state index contributed by atoms with van der Waals surface area (Å²) in [6.45, 7) is 3.30. The lowest BCUT2D eigenvalue weighted by atomic mass is 10.1. The van der Waals surface area contributed by atoms with Crippen molar-refractivity contribution in [1.82, 2.24) is 10.2 Å². The van der Waals surface area contributed by atoms with Crippen LogP contribution in [0.4, 0.5) is 14.9 Å². The monoisotopic (exact) mass is 385 g/mol. The van der Waals surface area contributed by atoms with E-state index >= 15 is 0 Å². The number of rotatable bonds is 5. The summed E-state index contributed by atoms with van der Waals surface area (Å²) in [5, 5.41) is 5.49. The molecule has 0 saturated carbocycles. The number of benzene rings is 2. The van der Waals surface area contributed by atoms with Gasteiger partial charge in [0.1, 0.15) is 0 Å². The Kier molecular flexibility index (Phi) is 6.13. The van der Waals surface area contributed by atoms with Gasteiger partial charge in [-0.25, -0.2) is 9.18 Å². The number of hydrogen-bond acceptors (Lipinski definition) is 3. The Hall–Kier alpha value is -3.09. The molecule has 1 aliphatic heterocycles. The predicted octanol–water partition coefficient (Wildman–Crippen LogP) is 3.95. The SMILES string of the molecule is COc1ccc(C(C)NC(=O)Nc2cccc(C(=O)N3CCCC3)c2)cc1F. The van der Waals surface area contributed by atoms with Crippen molar-refractivity contribution in [2.45, 2.75) is 25.8 Å². The molecule has 28 heavy (non-hydrogen) atoms. The van der Waals surface area contributed by atoms with Gasteiger partial charge in [-0.05, 0) is 55.7 Å². The molecule has 7 heteroatoms. The van der Waals surface area contributed by atoms with E-state index in [1.54, 1.807) is 37.3 Å². The Morgan fingerprint density at radius 2 is 1.89 bits per heavy atom. The summed E-state index contributed by atoms with van der Waals surface area (Å²) in [6, 6.07) is 10.6. The molecule has 1 heterocycles. The minimum Gasteiger partial charge on any atom is -0.494 e. The van der Waals surface area contributed by atoms with Crippen LogP contribution in [-0.4, -0.2) is 37.0 Å². The zero-order valence-electron chi connectivity index (χ0n) is 16.0. The molecule has 0 bridgehead atoms. The highest BCUT2D eigenvalue weighted by molar-refractivity contribution is 5.97. The van der Waals surface area contributed by atoms with Gasteiger partial charge in [0.25, 0.3) is 5.91 Å². The largest absolute Gasteiger partial charge is 0.494 e. The van der Waals surface area contributed by atoms with Crippen LogP contribution >= 0.6 is 0 Å². The lowest BCUT2D eigenvalue weighted by Crippen LogP contribution is -2.31. The second kappa shape index (κ2) is 8.73. The Morgan fingerprint density at radius 3 is 2.57 bits per heavy atom. The number of ether oxygens (including phenoxy) is 1. The van der Waals surface area contributed by atoms with Gasteiger partial charge in [-0.2, -0.15) is 0 Å². The molecule has 2 aromatic carbocycles. The van der Waals surface area contributed by atoms with E-state index in [2.05, 4.69) is 10.6 Å². The smallest absolute Gasteiger partial charge is 0.319 e.